The van der Waals surface area contributed by atoms with E-state index in [1.54, 1.807) is 9.80 Å². The second-order valence-corrected chi connectivity index (χ2v) is 6.92. The number of carbonyl (C=O) groups excluding carboxylic acids is 2. The first-order valence-corrected chi connectivity index (χ1v) is 8.10. The monoisotopic (exact) mass is 338 g/mol. The standard InChI is InChI=1S/C16H26N4O4/c1-11-13(12(2)24-18-11)10-17-14(21)19-6-8-20(9-7-19)15(22)23-16(3,4)5/h6-10H2,1-5H3,(H,17,21). The van der Waals surface area contributed by atoms with Crippen LogP contribution in [-0.4, -0.2) is 58.9 Å². The number of amides is 3. The Morgan fingerprint density at radius 1 is 1.17 bits per heavy atom. The van der Waals surface area contributed by atoms with Gasteiger partial charge in [-0.1, -0.05) is 5.16 Å². The maximum atomic E-state index is 12.3. The van der Waals surface area contributed by atoms with Crippen LogP contribution in [0.3, 0.4) is 0 Å². The lowest BCUT2D eigenvalue weighted by molar-refractivity contribution is 0.0170. The average molecular weight is 338 g/mol. The molecule has 24 heavy (non-hydrogen) atoms. The number of hydrogen-bond donors (Lipinski definition) is 1. The van der Waals surface area contributed by atoms with E-state index in [9.17, 15) is 9.59 Å². The smallest absolute Gasteiger partial charge is 0.410 e. The molecule has 1 fully saturated rings. The quantitative estimate of drug-likeness (QED) is 0.892. The number of nitrogens with one attached hydrogen (secondary N) is 1. The van der Waals surface area contributed by atoms with Crippen LogP contribution in [-0.2, 0) is 11.3 Å². The molecule has 0 unspecified atom stereocenters. The summed E-state index contributed by atoms with van der Waals surface area (Å²) < 4.78 is 10.4. The summed E-state index contributed by atoms with van der Waals surface area (Å²) in [5, 5.41) is 6.74. The lowest BCUT2D eigenvalue weighted by Crippen LogP contribution is -2.53. The summed E-state index contributed by atoms with van der Waals surface area (Å²) in [5.41, 5.74) is 1.17. The summed E-state index contributed by atoms with van der Waals surface area (Å²) in [7, 11) is 0. The van der Waals surface area contributed by atoms with Crippen LogP contribution in [0.5, 0.6) is 0 Å². The molecule has 0 radical (unpaired) electrons. The molecule has 134 valence electrons. The lowest BCUT2D eigenvalue weighted by atomic mass is 10.2. The molecule has 1 saturated heterocycles. The zero-order valence-electron chi connectivity index (χ0n) is 15.0. The Balaban J connectivity index is 1.79. The number of hydrogen-bond acceptors (Lipinski definition) is 5. The molecule has 0 saturated carbocycles. The van der Waals surface area contributed by atoms with Crippen molar-refractivity contribution in [1.29, 1.82) is 0 Å². The van der Waals surface area contributed by atoms with E-state index in [1.807, 2.05) is 34.6 Å². The van der Waals surface area contributed by atoms with Gasteiger partial charge in [-0.05, 0) is 34.6 Å². The van der Waals surface area contributed by atoms with Crippen molar-refractivity contribution in [2.75, 3.05) is 26.2 Å². The van der Waals surface area contributed by atoms with Crippen LogP contribution in [0.1, 0.15) is 37.8 Å². The van der Waals surface area contributed by atoms with Gasteiger partial charge in [-0.2, -0.15) is 0 Å². The zero-order valence-corrected chi connectivity index (χ0v) is 15.0. The van der Waals surface area contributed by atoms with E-state index in [0.29, 0.717) is 38.5 Å². The number of nitrogens with zero attached hydrogens (tertiary/aromatic N) is 3. The average Bonchev–Trinajstić information content (AvgIpc) is 2.82. The van der Waals surface area contributed by atoms with E-state index in [4.69, 9.17) is 9.26 Å². The van der Waals surface area contributed by atoms with Gasteiger partial charge in [0.15, 0.2) is 0 Å². The van der Waals surface area contributed by atoms with Gasteiger partial charge in [0.25, 0.3) is 0 Å². The molecule has 8 heteroatoms. The summed E-state index contributed by atoms with van der Waals surface area (Å²) in [6.07, 6.45) is -0.335. The van der Waals surface area contributed by atoms with Gasteiger partial charge in [-0.25, -0.2) is 9.59 Å². The van der Waals surface area contributed by atoms with E-state index in [2.05, 4.69) is 10.5 Å². The third-order valence-electron chi connectivity index (χ3n) is 3.82. The van der Waals surface area contributed by atoms with Crippen LogP contribution >= 0.6 is 0 Å². The fraction of sp³-hybridized carbons (Fsp3) is 0.688. The van der Waals surface area contributed by atoms with Gasteiger partial charge in [0.05, 0.1) is 5.69 Å². The zero-order chi connectivity index (χ0) is 17.9. The molecule has 1 aromatic rings. The van der Waals surface area contributed by atoms with Crippen LogP contribution < -0.4 is 5.32 Å². The van der Waals surface area contributed by atoms with E-state index >= 15 is 0 Å². The first kappa shape index (κ1) is 18.1. The Morgan fingerprint density at radius 2 is 1.75 bits per heavy atom. The van der Waals surface area contributed by atoms with Crippen LogP contribution in [0.4, 0.5) is 9.59 Å². The number of piperazine rings is 1. The van der Waals surface area contributed by atoms with Crippen molar-refractivity contribution in [2.24, 2.45) is 0 Å². The Morgan fingerprint density at radius 3 is 2.25 bits per heavy atom. The Kier molecular flexibility index (Phi) is 5.36. The second kappa shape index (κ2) is 7.11. The molecule has 3 amide bonds. The third kappa shape index (κ3) is 4.62. The number of rotatable bonds is 2. The Hall–Kier alpha value is -2.25. The number of carbonyl (C=O) groups is 2. The molecule has 0 aromatic carbocycles. The molecular weight excluding hydrogens is 312 g/mol. The molecule has 0 spiro atoms. The van der Waals surface area contributed by atoms with Crippen molar-refractivity contribution >= 4 is 12.1 Å². The highest BCUT2D eigenvalue weighted by Crippen LogP contribution is 2.13. The highest BCUT2D eigenvalue weighted by molar-refractivity contribution is 5.75. The molecule has 1 aromatic heterocycles. The number of aromatic nitrogens is 1. The van der Waals surface area contributed by atoms with Crippen LogP contribution in [0.15, 0.2) is 4.52 Å². The van der Waals surface area contributed by atoms with Crippen molar-refractivity contribution in [3.05, 3.63) is 17.0 Å². The first-order valence-electron chi connectivity index (χ1n) is 8.10. The van der Waals surface area contributed by atoms with Crippen molar-refractivity contribution < 1.29 is 18.8 Å². The van der Waals surface area contributed by atoms with Gasteiger partial charge >= 0.3 is 12.1 Å². The highest BCUT2D eigenvalue weighted by Gasteiger charge is 2.27. The SMILES string of the molecule is Cc1noc(C)c1CNC(=O)N1CCN(C(=O)OC(C)(C)C)CC1. The maximum Gasteiger partial charge on any atom is 0.410 e. The lowest BCUT2D eigenvalue weighted by Gasteiger charge is -2.35. The van der Waals surface area contributed by atoms with E-state index in [0.717, 1.165) is 11.3 Å². The fourth-order valence-corrected chi connectivity index (χ4v) is 2.45. The third-order valence-corrected chi connectivity index (χ3v) is 3.82. The molecule has 1 N–H and O–H groups in total. The summed E-state index contributed by atoms with van der Waals surface area (Å²) >= 11 is 0. The van der Waals surface area contributed by atoms with Gasteiger partial charge in [0.1, 0.15) is 11.4 Å². The molecule has 1 aliphatic heterocycles. The fourth-order valence-electron chi connectivity index (χ4n) is 2.45. The minimum atomic E-state index is -0.514. The predicted octanol–water partition coefficient (Wildman–Crippen LogP) is 2.05. The topological polar surface area (TPSA) is 87.9 Å². The van der Waals surface area contributed by atoms with Crippen LogP contribution in [0, 0.1) is 13.8 Å². The summed E-state index contributed by atoms with van der Waals surface area (Å²) in [6.45, 7) is 11.4. The predicted molar refractivity (Wildman–Crippen MR) is 87.6 cm³/mol. The molecule has 0 bridgehead atoms. The Bertz CT molecular complexity index is 578. The summed E-state index contributed by atoms with van der Waals surface area (Å²) in [5.74, 6) is 0.711. The summed E-state index contributed by atoms with van der Waals surface area (Å²) in [4.78, 5) is 27.6. The number of aryl methyl sites for hydroxylation is 2. The number of urea groups is 1. The van der Waals surface area contributed by atoms with Crippen molar-refractivity contribution in [2.45, 2.75) is 46.8 Å². The molecule has 8 nitrogen and oxygen atoms in total. The van der Waals surface area contributed by atoms with Gasteiger partial charge in [0.2, 0.25) is 0 Å². The molecule has 0 aliphatic carbocycles. The molecule has 2 rings (SSSR count). The van der Waals surface area contributed by atoms with Crippen molar-refractivity contribution in [3.63, 3.8) is 0 Å². The van der Waals surface area contributed by atoms with Crippen molar-refractivity contribution in [1.82, 2.24) is 20.3 Å². The molecular formula is C16H26N4O4. The van der Waals surface area contributed by atoms with Gasteiger partial charge < -0.3 is 24.4 Å². The minimum Gasteiger partial charge on any atom is -0.444 e. The molecule has 0 atom stereocenters. The minimum absolute atomic E-state index is 0.154. The first-order chi connectivity index (χ1) is 11.2. The largest absolute Gasteiger partial charge is 0.444 e. The second-order valence-electron chi connectivity index (χ2n) is 6.92. The van der Waals surface area contributed by atoms with Crippen LogP contribution in [0.2, 0.25) is 0 Å². The van der Waals surface area contributed by atoms with Gasteiger partial charge in [0, 0.05) is 38.3 Å². The summed E-state index contributed by atoms with van der Waals surface area (Å²) in [6, 6.07) is -0.154. The molecule has 2 heterocycles. The van der Waals surface area contributed by atoms with Gasteiger partial charge in [-0.15, -0.1) is 0 Å². The molecule has 1 aliphatic rings. The number of ether oxygens (including phenoxy) is 1. The highest BCUT2D eigenvalue weighted by atomic mass is 16.6. The van der Waals surface area contributed by atoms with Crippen LogP contribution in [0.25, 0.3) is 0 Å². The van der Waals surface area contributed by atoms with E-state index < -0.39 is 5.60 Å². The normalized spacial score (nSPS) is 15.4. The Labute approximate surface area is 142 Å². The van der Waals surface area contributed by atoms with Crippen molar-refractivity contribution in [3.8, 4) is 0 Å². The van der Waals surface area contributed by atoms with E-state index in [1.165, 1.54) is 0 Å². The van der Waals surface area contributed by atoms with Gasteiger partial charge in [-0.3, -0.25) is 0 Å². The van der Waals surface area contributed by atoms with E-state index in [-0.39, 0.29) is 12.1 Å². The maximum absolute atomic E-state index is 12.3.